The fraction of sp³-hybridized carbons (Fsp3) is 0.600. The lowest BCUT2D eigenvalue weighted by molar-refractivity contribution is 0.153. The second-order valence-corrected chi connectivity index (χ2v) is 4.72. The van der Waals surface area contributed by atoms with Gasteiger partial charge in [0, 0.05) is 12.1 Å². The summed E-state index contributed by atoms with van der Waals surface area (Å²) in [5.41, 5.74) is -0.253. The predicted molar refractivity (Wildman–Crippen MR) is 71.2 cm³/mol. The van der Waals surface area contributed by atoms with E-state index in [2.05, 4.69) is 6.92 Å². The summed E-state index contributed by atoms with van der Waals surface area (Å²) in [7, 11) is 1.35. The van der Waals surface area contributed by atoms with Gasteiger partial charge >= 0.3 is 0 Å². The number of hydrogen-bond acceptors (Lipinski definition) is 2. The first kappa shape index (κ1) is 15.9. The highest BCUT2D eigenvalue weighted by Crippen LogP contribution is 2.28. The summed E-state index contributed by atoms with van der Waals surface area (Å²) < 4.78 is 32.2. The van der Waals surface area contributed by atoms with Crippen LogP contribution in [0, 0.1) is 11.6 Å². The van der Waals surface area contributed by atoms with Crippen LogP contribution in [0.1, 0.15) is 57.1 Å². The summed E-state index contributed by atoms with van der Waals surface area (Å²) in [6, 6.07) is 2.19. The van der Waals surface area contributed by atoms with Crippen LogP contribution < -0.4 is 4.74 Å². The number of methoxy groups -OCH3 is 1. The number of hydrogen-bond donors (Lipinski definition) is 1. The van der Waals surface area contributed by atoms with Crippen LogP contribution in [0.2, 0.25) is 0 Å². The van der Waals surface area contributed by atoms with E-state index in [9.17, 15) is 13.9 Å². The first-order valence-electron chi connectivity index (χ1n) is 6.81. The van der Waals surface area contributed by atoms with Gasteiger partial charge in [0.05, 0.1) is 18.8 Å². The summed E-state index contributed by atoms with van der Waals surface area (Å²) in [6.07, 6.45) is 4.43. The molecule has 1 N–H and O–H groups in total. The van der Waals surface area contributed by atoms with Gasteiger partial charge in [-0.1, -0.05) is 39.0 Å². The molecule has 0 heterocycles. The molecule has 2 nitrogen and oxygen atoms in total. The summed E-state index contributed by atoms with van der Waals surface area (Å²) in [5, 5.41) is 9.88. The smallest absolute Gasteiger partial charge is 0.135 e. The van der Waals surface area contributed by atoms with E-state index in [0.717, 1.165) is 44.2 Å². The molecular formula is C15H22F2O2. The third kappa shape index (κ3) is 4.78. The number of rotatable bonds is 8. The van der Waals surface area contributed by atoms with Crippen LogP contribution in [0.4, 0.5) is 8.78 Å². The fourth-order valence-corrected chi connectivity index (χ4v) is 2.08. The molecule has 1 aromatic carbocycles. The summed E-state index contributed by atoms with van der Waals surface area (Å²) in [5.74, 6) is -1.38. The molecular weight excluding hydrogens is 250 g/mol. The van der Waals surface area contributed by atoms with Crippen molar-refractivity contribution in [2.24, 2.45) is 0 Å². The van der Waals surface area contributed by atoms with E-state index in [1.54, 1.807) is 0 Å². The molecule has 0 fully saturated rings. The van der Waals surface area contributed by atoms with Crippen molar-refractivity contribution in [1.82, 2.24) is 0 Å². The van der Waals surface area contributed by atoms with Crippen LogP contribution in [0.25, 0.3) is 0 Å². The third-order valence-electron chi connectivity index (χ3n) is 3.20. The molecule has 1 aromatic rings. The number of aliphatic hydroxyl groups is 1. The van der Waals surface area contributed by atoms with Crippen LogP contribution in [0.5, 0.6) is 5.75 Å². The molecule has 0 radical (unpaired) electrons. The molecule has 19 heavy (non-hydrogen) atoms. The van der Waals surface area contributed by atoms with Crippen molar-refractivity contribution < 1.29 is 18.6 Å². The van der Waals surface area contributed by atoms with E-state index in [1.807, 2.05) is 0 Å². The predicted octanol–water partition coefficient (Wildman–Crippen LogP) is 4.37. The Hall–Kier alpha value is -1.16. The minimum absolute atomic E-state index is 0.119. The Morgan fingerprint density at radius 1 is 1.11 bits per heavy atom. The fourth-order valence-electron chi connectivity index (χ4n) is 2.08. The van der Waals surface area contributed by atoms with Gasteiger partial charge in [0.25, 0.3) is 0 Å². The topological polar surface area (TPSA) is 29.5 Å². The molecule has 0 aliphatic carbocycles. The van der Waals surface area contributed by atoms with Gasteiger partial charge in [-0.2, -0.15) is 0 Å². The Morgan fingerprint density at radius 3 is 2.21 bits per heavy atom. The van der Waals surface area contributed by atoms with Crippen molar-refractivity contribution >= 4 is 0 Å². The zero-order valence-electron chi connectivity index (χ0n) is 11.6. The van der Waals surface area contributed by atoms with Crippen molar-refractivity contribution in [1.29, 1.82) is 0 Å². The molecule has 0 aromatic heterocycles. The van der Waals surface area contributed by atoms with E-state index in [1.165, 1.54) is 7.11 Å². The second-order valence-electron chi connectivity index (χ2n) is 4.72. The largest absolute Gasteiger partial charge is 0.497 e. The number of aliphatic hydroxyl groups excluding tert-OH is 1. The zero-order chi connectivity index (χ0) is 14.3. The number of benzene rings is 1. The van der Waals surface area contributed by atoms with Crippen LogP contribution in [0.3, 0.4) is 0 Å². The van der Waals surface area contributed by atoms with E-state index in [4.69, 9.17) is 4.74 Å². The monoisotopic (exact) mass is 272 g/mol. The Labute approximate surface area is 113 Å². The maximum absolute atomic E-state index is 13.7. The highest BCUT2D eigenvalue weighted by molar-refractivity contribution is 5.31. The molecule has 0 spiro atoms. The lowest BCUT2D eigenvalue weighted by atomic mass is 10.0. The van der Waals surface area contributed by atoms with Gasteiger partial charge < -0.3 is 9.84 Å². The van der Waals surface area contributed by atoms with Gasteiger partial charge in [-0.05, 0) is 6.42 Å². The molecule has 1 atom stereocenters. The van der Waals surface area contributed by atoms with E-state index in [0.29, 0.717) is 6.42 Å². The molecule has 0 saturated heterocycles. The molecule has 0 aliphatic rings. The quantitative estimate of drug-likeness (QED) is 0.712. The molecule has 0 bridgehead atoms. The zero-order valence-corrected chi connectivity index (χ0v) is 11.6. The van der Waals surface area contributed by atoms with Crippen molar-refractivity contribution in [3.8, 4) is 5.75 Å². The van der Waals surface area contributed by atoms with E-state index in [-0.39, 0.29) is 11.3 Å². The van der Waals surface area contributed by atoms with Crippen LogP contribution >= 0.6 is 0 Å². The summed E-state index contributed by atoms with van der Waals surface area (Å²) in [4.78, 5) is 0. The Bertz CT molecular complexity index is 371. The van der Waals surface area contributed by atoms with Gasteiger partial charge in [0.1, 0.15) is 17.4 Å². The first-order chi connectivity index (χ1) is 9.10. The highest BCUT2D eigenvalue weighted by Gasteiger charge is 2.19. The van der Waals surface area contributed by atoms with Crippen molar-refractivity contribution in [3.05, 3.63) is 29.3 Å². The molecule has 0 saturated carbocycles. The minimum Gasteiger partial charge on any atom is -0.497 e. The molecule has 0 aliphatic heterocycles. The average Bonchev–Trinajstić information content (AvgIpc) is 2.37. The van der Waals surface area contributed by atoms with Crippen molar-refractivity contribution in [2.45, 2.75) is 51.6 Å². The Balaban J connectivity index is 2.59. The lowest BCUT2D eigenvalue weighted by Gasteiger charge is -2.14. The molecule has 1 rings (SSSR count). The number of halogens is 2. The van der Waals surface area contributed by atoms with Crippen molar-refractivity contribution in [2.75, 3.05) is 7.11 Å². The van der Waals surface area contributed by atoms with Gasteiger partial charge in [0.2, 0.25) is 0 Å². The van der Waals surface area contributed by atoms with Gasteiger partial charge in [0.15, 0.2) is 0 Å². The highest BCUT2D eigenvalue weighted by atomic mass is 19.1. The number of ether oxygens (including phenoxy) is 1. The Morgan fingerprint density at radius 2 is 1.68 bits per heavy atom. The average molecular weight is 272 g/mol. The van der Waals surface area contributed by atoms with Gasteiger partial charge in [-0.3, -0.25) is 0 Å². The van der Waals surface area contributed by atoms with Crippen LogP contribution in [0.15, 0.2) is 12.1 Å². The number of unbranched alkanes of at least 4 members (excludes halogenated alkanes) is 4. The second kappa shape index (κ2) is 8.10. The maximum Gasteiger partial charge on any atom is 0.135 e. The molecule has 4 heteroatoms. The van der Waals surface area contributed by atoms with Gasteiger partial charge in [-0.15, -0.1) is 0 Å². The molecule has 108 valence electrons. The van der Waals surface area contributed by atoms with Crippen LogP contribution in [-0.2, 0) is 0 Å². The third-order valence-corrected chi connectivity index (χ3v) is 3.20. The van der Waals surface area contributed by atoms with E-state index >= 15 is 0 Å². The van der Waals surface area contributed by atoms with Crippen molar-refractivity contribution in [3.63, 3.8) is 0 Å². The normalized spacial score (nSPS) is 12.5. The summed E-state index contributed by atoms with van der Waals surface area (Å²) in [6.45, 7) is 2.12. The SMILES string of the molecule is CCCCCCCC(O)c1c(F)cc(OC)cc1F. The molecule has 1 unspecified atom stereocenters. The van der Waals surface area contributed by atoms with Gasteiger partial charge in [-0.25, -0.2) is 8.78 Å². The minimum atomic E-state index is -1.09. The van der Waals surface area contributed by atoms with E-state index < -0.39 is 17.7 Å². The molecule has 0 amide bonds. The lowest BCUT2D eigenvalue weighted by Crippen LogP contribution is -2.05. The standard InChI is InChI=1S/C15H22F2O2/c1-3-4-5-6-7-8-14(18)15-12(16)9-11(19-2)10-13(15)17/h9-10,14,18H,3-8H2,1-2H3. The summed E-state index contributed by atoms with van der Waals surface area (Å²) >= 11 is 0. The Kier molecular flexibility index (Phi) is 6.78. The first-order valence-corrected chi connectivity index (χ1v) is 6.81. The maximum atomic E-state index is 13.7. The van der Waals surface area contributed by atoms with Crippen LogP contribution in [-0.4, -0.2) is 12.2 Å².